The van der Waals surface area contributed by atoms with Crippen LogP contribution < -0.4 is 0 Å². The molecule has 0 aliphatic carbocycles. The predicted octanol–water partition coefficient (Wildman–Crippen LogP) is 4.35. The molecule has 0 aliphatic heterocycles. The van der Waals surface area contributed by atoms with Crippen LogP contribution >= 0.6 is 0 Å². The van der Waals surface area contributed by atoms with Crippen molar-refractivity contribution in [3.63, 3.8) is 0 Å². The Bertz CT molecular complexity index is 295. The lowest BCUT2D eigenvalue weighted by Crippen LogP contribution is -2.40. The predicted molar refractivity (Wildman–Crippen MR) is 87.5 cm³/mol. The van der Waals surface area contributed by atoms with Crippen LogP contribution in [0.5, 0.6) is 0 Å². The van der Waals surface area contributed by atoms with E-state index in [-0.39, 0.29) is 6.09 Å². The van der Waals surface area contributed by atoms with Crippen LogP contribution in [-0.2, 0) is 4.74 Å². The summed E-state index contributed by atoms with van der Waals surface area (Å²) in [5.74, 6) is 0. The average molecular weight is 301 g/mol. The third-order valence-electron chi connectivity index (χ3n) is 3.52. The van der Waals surface area contributed by atoms with Crippen molar-refractivity contribution < 1.29 is 14.6 Å². The fourth-order valence-electron chi connectivity index (χ4n) is 2.14. The van der Waals surface area contributed by atoms with E-state index in [1.165, 1.54) is 12.8 Å². The lowest BCUT2D eigenvalue weighted by molar-refractivity contribution is 0.00882. The fraction of sp³-hybridized carbons (Fsp3) is 0.941. The van der Waals surface area contributed by atoms with Gasteiger partial charge in [-0.1, -0.05) is 32.6 Å². The van der Waals surface area contributed by atoms with E-state index >= 15 is 0 Å². The van der Waals surface area contributed by atoms with E-state index in [9.17, 15) is 9.90 Å². The minimum absolute atomic E-state index is 0.299. The maximum atomic E-state index is 12.0. The van der Waals surface area contributed by atoms with Gasteiger partial charge in [-0.25, -0.2) is 4.79 Å². The molecule has 1 N–H and O–H groups in total. The van der Waals surface area contributed by atoms with Crippen molar-refractivity contribution in [2.45, 2.75) is 91.3 Å². The van der Waals surface area contributed by atoms with E-state index in [0.29, 0.717) is 19.5 Å². The van der Waals surface area contributed by atoms with Gasteiger partial charge in [0, 0.05) is 13.1 Å². The molecule has 0 heterocycles. The Morgan fingerprint density at radius 2 is 1.67 bits per heavy atom. The highest BCUT2D eigenvalue weighted by molar-refractivity contribution is 5.68. The largest absolute Gasteiger partial charge is 0.444 e. The number of hydrogen-bond acceptors (Lipinski definition) is 3. The summed E-state index contributed by atoms with van der Waals surface area (Å²) in [4.78, 5) is 13.7. The van der Waals surface area contributed by atoms with Gasteiger partial charge in [0.05, 0.1) is 5.60 Å². The highest BCUT2D eigenvalue weighted by Crippen LogP contribution is 2.20. The van der Waals surface area contributed by atoms with Gasteiger partial charge in [0.25, 0.3) is 0 Å². The van der Waals surface area contributed by atoms with Crippen molar-refractivity contribution in [3.8, 4) is 0 Å². The number of carbonyl (C=O) groups excluding carboxylic acids is 1. The van der Waals surface area contributed by atoms with E-state index in [1.54, 1.807) is 4.90 Å². The molecule has 0 fully saturated rings. The van der Waals surface area contributed by atoms with E-state index in [1.807, 2.05) is 34.6 Å². The monoisotopic (exact) mass is 301 g/mol. The molecule has 1 unspecified atom stereocenters. The van der Waals surface area contributed by atoms with Crippen molar-refractivity contribution >= 4 is 6.09 Å². The van der Waals surface area contributed by atoms with Crippen molar-refractivity contribution in [3.05, 3.63) is 0 Å². The molecule has 0 spiro atoms. The lowest BCUT2D eigenvalue weighted by atomic mass is 9.94. The van der Waals surface area contributed by atoms with Gasteiger partial charge in [-0.2, -0.15) is 0 Å². The Kier molecular flexibility index (Phi) is 8.95. The second kappa shape index (κ2) is 9.29. The number of carbonyl (C=O) groups is 1. The minimum atomic E-state index is -0.705. The minimum Gasteiger partial charge on any atom is -0.444 e. The van der Waals surface area contributed by atoms with Crippen molar-refractivity contribution in [1.29, 1.82) is 0 Å². The van der Waals surface area contributed by atoms with E-state index in [0.717, 1.165) is 19.3 Å². The highest BCUT2D eigenvalue weighted by atomic mass is 16.6. The summed E-state index contributed by atoms with van der Waals surface area (Å²) < 4.78 is 5.37. The van der Waals surface area contributed by atoms with Gasteiger partial charge in [-0.15, -0.1) is 0 Å². The zero-order chi connectivity index (χ0) is 16.5. The normalized spacial score (nSPS) is 14.6. The summed E-state index contributed by atoms with van der Waals surface area (Å²) in [5, 5.41) is 10.4. The molecule has 0 aliphatic rings. The van der Waals surface area contributed by atoms with Crippen LogP contribution in [0.3, 0.4) is 0 Å². The maximum Gasteiger partial charge on any atom is 0.410 e. The molecule has 0 aromatic heterocycles. The van der Waals surface area contributed by atoms with Gasteiger partial charge < -0.3 is 14.7 Å². The Labute approximate surface area is 130 Å². The molecule has 0 rings (SSSR count). The number of ether oxygens (including phenoxy) is 1. The standard InChI is InChI=1S/C17H35NO3/c1-7-9-10-11-12-17(6,20)13-14-18(8-2)15(19)21-16(3,4)5/h20H,7-14H2,1-6H3. The quantitative estimate of drug-likeness (QED) is 0.644. The first-order chi connectivity index (χ1) is 9.61. The van der Waals surface area contributed by atoms with Gasteiger partial charge in [0.2, 0.25) is 0 Å². The van der Waals surface area contributed by atoms with Crippen LogP contribution in [-0.4, -0.2) is 40.4 Å². The summed E-state index contributed by atoms with van der Waals surface area (Å²) in [7, 11) is 0. The lowest BCUT2D eigenvalue weighted by Gasteiger charge is -2.30. The summed E-state index contributed by atoms with van der Waals surface area (Å²) in [6.07, 6.45) is 5.70. The first-order valence-corrected chi connectivity index (χ1v) is 8.31. The third-order valence-corrected chi connectivity index (χ3v) is 3.52. The molecule has 4 nitrogen and oxygen atoms in total. The van der Waals surface area contributed by atoms with E-state index in [4.69, 9.17) is 4.74 Å². The average Bonchev–Trinajstić information content (AvgIpc) is 2.33. The Morgan fingerprint density at radius 3 is 2.14 bits per heavy atom. The molecule has 0 aromatic carbocycles. The molecule has 126 valence electrons. The van der Waals surface area contributed by atoms with Gasteiger partial charge >= 0.3 is 6.09 Å². The Morgan fingerprint density at radius 1 is 1.05 bits per heavy atom. The number of amides is 1. The topological polar surface area (TPSA) is 49.8 Å². The number of unbranched alkanes of at least 4 members (excludes halogenated alkanes) is 3. The number of aliphatic hydroxyl groups is 1. The number of rotatable bonds is 9. The van der Waals surface area contributed by atoms with Crippen molar-refractivity contribution in [2.75, 3.05) is 13.1 Å². The molecular weight excluding hydrogens is 266 g/mol. The van der Waals surface area contributed by atoms with Crippen LogP contribution in [0.1, 0.15) is 80.1 Å². The van der Waals surface area contributed by atoms with Gasteiger partial charge in [-0.3, -0.25) is 0 Å². The molecule has 1 amide bonds. The maximum absolute atomic E-state index is 12.0. The molecular formula is C17H35NO3. The smallest absolute Gasteiger partial charge is 0.410 e. The van der Waals surface area contributed by atoms with Crippen LogP contribution in [0.2, 0.25) is 0 Å². The summed E-state index contributed by atoms with van der Waals surface area (Å²) in [6.45, 7) is 12.7. The Balaban J connectivity index is 4.21. The first-order valence-electron chi connectivity index (χ1n) is 8.31. The second-order valence-corrected chi connectivity index (χ2v) is 7.12. The van der Waals surface area contributed by atoms with Gasteiger partial charge in [0.15, 0.2) is 0 Å². The van der Waals surface area contributed by atoms with Crippen molar-refractivity contribution in [1.82, 2.24) is 4.90 Å². The summed E-state index contributed by atoms with van der Waals surface area (Å²) >= 11 is 0. The molecule has 0 radical (unpaired) electrons. The Hall–Kier alpha value is -0.770. The SMILES string of the molecule is CCCCCCC(C)(O)CCN(CC)C(=O)OC(C)(C)C. The number of hydrogen-bond donors (Lipinski definition) is 1. The van der Waals surface area contributed by atoms with Crippen LogP contribution in [0.4, 0.5) is 4.79 Å². The van der Waals surface area contributed by atoms with Crippen LogP contribution in [0.25, 0.3) is 0 Å². The van der Waals surface area contributed by atoms with Gasteiger partial charge in [0.1, 0.15) is 5.60 Å². The molecule has 0 saturated heterocycles. The molecule has 21 heavy (non-hydrogen) atoms. The van der Waals surface area contributed by atoms with Crippen LogP contribution in [0, 0.1) is 0 Å². The molecule has 0 aromatic rings. The highest BCUT2D eigenvalue weighted by Gasteiger charge is 2.25. The van der Waals surface area contributed by atoms with E-state index in [2.05, 4.69) is 6.92 Å². The summed E-state index contributed by atoms with van der Waals surface area (Å²) in [6, 6.07) is 0. The molecule has 0 bridgehead atoms. The van der Waals surface area contributed by atoms with Crippen molar-refractivity contribution in [2.24, 2.45) is 0 Å². The van der Waals surface area contributed by atoms with Crippen LogP contribution in [0.15, 0.2) is 0 Å². The molecule has 1 atom stereocenters. The zero-order valence-electron chi connectivity index (χ0n) is 14.9. The second-order valence-electron chi connectivity index (χ2n) is 7.12. The van der Waals surface area contributed by atoms with Gasteiger partial charge in [-0.05, 0) is 47.5 Å². The third kappa shape index (κ3) is 10.6. The zero-order valence-corrected chi connectivity index (χ0v) is 14.9. The summed E-state index contributed by atoms with van der Waals surface area (Å²) in [5.41, 5.74) is -1.18. The first kappa shape index (κ1) is 20.2. The fourth-order valence-corrected chi connectivity index (χ4v) is 2.14. The number of nitrogens with zero attached hydrogens (tertiary/aromatic N) is 1. The van der Waals surface area contributed by atoms with E-state index < -0.39 is 11.2 Å². The molecule has 0 saturated carbocycles. The molecule has 4 heteroatoms.